The van der Waals surface area contributed by atoms with Crippen molar-refractivity contribution in [2.75, 3.05) is 48.8 Å². The van der Waals surface area contributed by atoms with Crippen LogP contribution in [0.15, 0.2) is 53.4 Å². The normalized spacial score (nSPS) is 19.3. The van der Waals surface area contributed by atoms with E-state index < -0.39 is 15.4 Å². The third-order valence-electron chi connectivity index (χ3n) is 6.88. The zero-order chi connectivity index (χ0) is 27.8. The molecule has 10 heteroatoms. The Morgan fingerprint density at radius 3 is 2.74 bits per heavy atom. The van der Waals surface area contributed by atoms with Crippen molar-refractivity contribution in [3.05, 3.63) is 59.7 Å². The lowest BCUT2D eigenvalue weighted by molar-refractivity contribution is -0.0371. The van der Waals surface area contributed by atoms with Crippen LogP contribution in [0, 0.1) is 6.92 Å². The third kappa shape index (κ3) is 6.28. The summed E-state index contributed by atoms with van der Waals surface area (Å²) >= 11 is 0. The number of ether oxygens (including phenoxy) is 2. The number of hydrogen-bond donors (Lipinski definition) is 1. The van der Waals surface area contributed by atoms with Gasteiger partial charge in [-0.3, -0.25) is 0 Å². The zero-order valence-electron chi connectivity index (χ0n) is 22.9. The maximum absolute atomic E-state index is 12.9. The van der Waals surface area contributed by atoms with Crippen molar-refractivity contribution in [1.82, 2.24) is 9.88 Å². The number of carbonyl (C=O) groups excluding carboxylic acids is 1. The summed E-state index contributed by atoms with van der Waals surface area (Å²) in [4.78, 5) is 21.6. The molecule has 0 bridgehead atoms. The Kier molecular flexibility index (Phi) is 7.43. The average Bonchev–Trinajstić information content (AvgIpc) is 3.02. The molecule has 2 aliphatic heterocycles. The van der Waals surface area contributed by atoms with Crippen molar-refractivity contribution in [2.24, 2.45) is 0 Å². The van der Waals surface area contributed by atoms with Gasteiger partial charge in [0.2, 0.25) is 0 Å². The van der Waals surface area contributed by atoms with E-state index in [-0.39, 0.29) is 18.0 Å². The molecule has 1 fully saturated rings. The van der Waals surface area contributed by atoms with E-state index in [0.717, 1.165) is 27.7 Å². The molecule has 1 atom stereocenters. The van der Waals surface area contributed by atoms with Crippen molar-refractivity contribution in [2.45, 2.75) is 50.8 Å². The number of morpholine rings is 1. The van der Waals surface area contributed by atoms with Gasteiger partial charge in [0, 0.05) is 43.3 Å². The minimum atomic E-state index is -3.37. The monoisotopic (exact) mass is 552 g/mol. The molecule has 2 aromatic carbocycles. The first-order valence-corrected chi connectivity index (χ1v) is 14.9. The molecule has 39 heavy (non-hydrogen) atoms. The summed E-state index contributed by atoms with van der Waals surface area (Å²) in [5.41, 5.74) is 3.03. The van der Waals surface area contributed by atoms with Crippen LogP contribution in [0.2, 0.25) is 0 Å². The molecule has 0 spiro atoms. The summed E-state index contributed by atoms with van der Waals surface area (Å²) in [5, 5.41) is 4.51. The van der Waals surface area contributed by atoms with Gasteiger partial charge in [0.15, 0.2) is 9.84 Å². The molecule has 1 unspecified atom stereocenters. The molecule has 0 radical (unpaired) electrons. The average molecular weight is 553 g/mol. The van der Waals surface area contributed by atoms with E-state index in [0.29, 0.717) is 50.0 Å². The van der Waals surface area contributed by atoms with Gasteiger partial charge in [-0.05, 0) is 51.5 Å². The number of nitrogens with one attached hydrogen (secondary N) is 1. The van der Waals surface area contributed by atoms with Gasteiger partial charge in [0.05, 0.1) is 35.4 Å². The minimum Gasteiger partial charge on any atom is -0.444 e. The highest BCUT2D eigenvalue weighted by atomic mass is 32.2. The molecule has 1 N–H and O–H groups in total. The number of aromatic nitrogens is 1. The van der Waals surface area contributed by atoms with Gasteiger partial charge in [-0.25, -0.2) is 18.2 Å². The molecule has 0 aliphatic carbocycles. The Bertz CT molecular complexity index is 1480. The fraction of sp³-hybridized carbons (Fsp3) is 0.448. The van der Waals surface area contributed by atoms with E-state index in [2.05, 4.69) is 11.4 Å². The highest BCUT2D eigenvalue weighted by molar-refractivity contribution is 7.91. The Labute approximate surface area is 230 Å². The van der Waals surface area contributed by atoms with E-state index in [1.165, 1.54) is 0 Å². The maximum Gasteiger partial charge on any atom is 0.410 e. The summed E-state index contributed by atoms with van der Waals surface area (Å²) in [6, 6.07) is 15.3. The molecular formula is C29H36N4O5S. The van der Waals surface area contributed by atoms with Crippen LogP contribution >= 0.6 is 0 Å². The van der Waals surface area contributed by atoms with Gasteiger partial charge >= 0.3 is 6.09 Å². The summed E-state index contributed by atoms with van der Waals surface area (Å²) in [7, 11) is -3.37. The Hall–Kier alpha value is -3.37. The Morgan fingerprint density at radius 1 is 1.15 bits per heavy atom. The van der Waals surface area contributed by atoms with Crippen LogP contribution in [0.4, 0.5) is 16.3 Å². The smallest absolute Gasteiger partial charge is 0.410 e. The number of anilines is 2. The first kappa shape index (κ1) is 27.2. The summed E-state index contributed by atoms with van der Waals surface area (Å²) in [6.45, 7) is 10.3. The molecule has 9 nitrogen and oxygen atoms in total. The molecule has 3 aromatic rings. The number of hydrogen-bond acceptors (Lipinski definition) is 8. The van der Waals surface area contributed by atoms with Crippen LogP contribution < -0.4 is 10.2 Å². The topological polar surface area (TPSA) is 101 Å². The van der Waals surface area contributed by atoms with Crippen LogP contribution in [0.25, 0.3) is 10.9 Å². The molecule has 1 amide bonds. The first-order valence-electron chi connectivity index (χ1n) is 13.3. The van der Waals surface area contributed by atoms with Crippen molar-refractivity contribution < 1.29 is 22.7 Å². The van der Waals surface area contributed by atoms with Crippen LogP contribution in [-0.2, 0) is 25.9 Å². The lowest BCUT2D eigenvalue weighted by Crippen LogP contribution is -2.49. The third-order valence-corrected chi connectivity index (χ3v) is 8.67. The molecule has 1 aromatic heterocycles. The van der Waals surface area contributed by atoms with E-state index >= 15 is 0 Å². The molecule has 0 saturated carbocycles. The quantitative estimate of drug-likeness (QED) is 0.509. The summed E-state index contributed by atoms with van der Waals surface area (Å²) in [6.07, 6.45) is -0.544. The van der Waals surface area contributed by atoms with Crippen LogP contribution in [0.5, 0.6) is 0 Å². The molecule has 2 aliphatic rings. The second-order valence-electron chi connectivity index (χ2n) is 11.2. The number of benzene rings is 2. The van der Waals surface area contributed by atoms with Gasteiger partial charge in [-0.15, -0.1) is 0 Å². The van der Waals surface area contributed by atoms with E-state index in [4.69, 9.17) is 14.5 Å². The highest BCUT2D eigenvalue weighted by Gasteiger charge is 2.29. The number of amides is 1. The first-order chi connectivity index (χ1) is 18.5. The van der Waals surface area contributed by atoms with Gasteiger partial charge in [0.1, 0.15) is 11.4 Å². The Morgan fingerprint density at radius 2 is 1.95 bits per heavy atom. The summed E-state index contributed by atoms with van der Waals surface area (Å²) < 4.78 is 37.3. The second-order valence-corrected chi connectivity index (χ2v) is 13.3. The second kappa shape index (κ2) is 10.7. The number of pyridine rings is 1. The molecular weight excluding hydrogens is 516 g/mol. The van der Waals surface area contributed by atoms with Gasteiger partial charge < -0.3 is 24.6 Å². The maximum atomic E-state index is 12.9. The SMILES string of the molecule is Cc1ccc2nc(N3CCS(=O)(=O)c4ccccc4C3)cc(NCC3CN(C(=O)OC(C)(C)C)CCO3)c2c1. The molecule has 3 heterocycles. The number of sulfone groups is 1. The zero-order valence-corrected chi connectivity index (χ0v) is 23.8. The number of rotatable bonds is 4. The number of carbonyl (C=O) groups is 1. The predicted molar refractivity (Wildman–Crippen MR) is 152 cm³/mol. The van der Waals surface area contributed by atoms with Crippen molar-refractivity contribution in [3.63, 3.8) is 0 Å². The predicted octanol–water partition coefficient (Wildman–Crippen LogP) is 4.38. The van der Waals surface area contributed by atoms with E-state index in [9.17, 15) is 13.2 Å². The number of nitrogens with zero attached hydrogens (tertiary/aromatic N) is 3. The minimum absolute atomic E-state index is 0.0246. The van der Waals surface area contributed by atoms with E-state index in [1.807, 2.05) is 62.9 Å². The standard InChI is InChI=1S/C29H36N4O5S/c1-20-9-10-24-23(15-20)25(30-17-22-19-33(11-13-37-22)28(34)38-29(2,3)4)16-27(31-24)32-12-14-39(35,36)26-8-6-5-7-21(26)18-32/h5-10,15-16,22H,11-14,17-19H2,1-4H3,(H,30,31). The van der Waals surface area contributed by atoms with Crippen LogP contribution in [-0.4, -0.2) is 74.6 Å². The van der Waals surface area contributed by atoms with Crippen molar-refractivity contribution in [1.29, 1.82) is 0 Å². The highest BCUT2D eigenvalue weighted by Crippen LogP contribution is 2.31. The van der Waals surface area contributed by atoms with Gasteiger partial charge in [0.25, 0.3) is 0 Å². The lowest BCUT2D eigenvalue weighted by Gasteiger charge is -2.34. The number of fused-ring (bicyclic) bond motifs is 2. The molecule has 5 rings (SSSR count). The largest absolute Gasteiger partial charge is 0.444 e. The van der Waals surface area contributed by atoms with Crippen LogP contribution in [0.1, 0.15) is 31.9 Å². The number of aryl methyl sites for hydroxylation is 1. The van der Waals surface area contributed by atoms with Gasteiger partial charge in [-0.2, -0.15) is 0 Å². The van der Waals surface area contributed by atoms with Crippen LogP contribution in [0.3, 0.4) is 0 Å². The van der Waals surface area contributed by atoms with Gasteiger partial charge in [-0.1, -0.05) is 29.8 Å². The fourth-order valence-corrected chi connectivity index (χ4v) is 6.45. The lowest BCUT2D eigenvalue weighted by atomic mass is 10.1. The Balaban J connectivity index is 1.39. The van der Waals surface area contributed by atoms with E-state index in [1.54, 1.807) is 17.0 Å². The fourth-order valence-electron chi connectivity index (χ4n) is 4.95. The van der Waals surface area contributed by atoms with Crippen molar-refractivity contribution in [3.8, 4) is 0 Å². The summed E-state index contributed by atoms with van der Waals surface area (Å²) in [5.74, 6) is 0.734. The molecule has 208 valence electrons. The van der Waals surface area contributed by atoms with Crippen molar-refractivity contribution >= 4 is 38.3 Å². The molecule has 1 saturated heterocycles.